The van der Waals surface area contributed by atoms with Crippen molar-refractivity contribution in [2.75, 3.05) is 13.7 Å². The first-order chi connectivity index (χ1) is 7.56. The monoisotopic (exact) mass is 245 g/mol. The summed E-state index contributed by atoms with van der Waals surface area (Å²) in [5, 5.41) is 4.96. The van der Waals surface area contributed by atoms with E-state index in [-0.39, 0.29) is 6.04 Å². The van der Waals surface area contributed by atoms with Crippen LogP contribution in [-0.2, 0) is 18.2 Å². The number of ether oxygens (including phenoxy) is 1. The van der Waals surface area contributed by atoms with Gasteiger partial charge in [-0.05, 0) is 26.2 Å². The molecule has 0 radical (unpaired) electrons. The zero-order chi connectivity index (χ0) is 12.1. The number of hydrogen-bond donors (Lipinski definition) is 1. The van der Waals surface area contributed by atoms with Crippen molar-refractivity contribution in [2.45, 2.75) is 32.2 Å². The van der Waals surface area contributed by atoms with Gasteiger partial charge in [0.15, 0.2) is 0 Å². The molecule has 1 atom stereocenters. The highest BCUT2D eigenvalue weighted by Crippen LogP contribution is 2.20. The molecule has 1 rings (SSSR count). The lowest BCUT2D eigenvalue weighted by Gasteiger charge is -2.10. The van der Waals surface area contributed by atoms with E-state index >= 15 is 0 Å². The lowest BCUT2D eigenvalue weighted by atomic mass is 10.0. The van der Waals surface area contributed by atoms with Gasteiger partial charge < -0.3 is 10.5 Å². The summed E-state index contributed by atoms with van der Waals surface area (Å²) in [5.41, 5.74) is 8.07. The molecule has 1 unspecified atom stereocenters. The molecule has 2 N–H and O–H groups in total. The molecule has 0 spiro atoms. The van der Waals surface area contributed by atoms with Gasteiger partial charge in [-0.25, -0.2) is 0 Å². The molecule has 1 aromatic rings. The van der Waals surface area contributed by atoms with Crippen molar-refractivity contribution in [2.24, 2.45) is 12.8 Å². The molecule has 16 heavy (non-hydrogen) atoms. The van der Waals surface area contributed by atoms with E-state index in [4.69, 9.17) is 22.1 Å². The molecule has 0 aliphatic heterocycles. The largest absolute Gasteiger partial charge is 0.385 e. The number of methoxy groups -OCH3 is 1. The third-order valence-corrected chi connectivity index (χ3v) is 3.13. The molecule has 0 saturated carbocycles. The van der Waals surface area contributed by atoms with Crippen LogP contribution in [0.25, 0.3) is 0 Å². The summed E-state index contributed by atoms with van der Waals surface area (Å²) in [5.74, 6) is 0. The topological polar surface area (TPSA) is 53.1 Å². The standard InChI is InChI=1S/C11H20ClN3O/c1-8-10(11(12)15(2)14-8)7-9(13)5-4-6-16-3/h9H,4-7,13H2,1-3H3. The molecule has 0 fully saturated rings. The summed E-state index contributed by atoms with van der Waals surface area (Å²) in [6, 6.07) is 0.121. The van der Waals surface area contributed by atoms with Crippen molar-refractivity contribution < 1.29 is 4.74 Å². The maximum absolute atomic E-state index is 6.14. The Hall–Kier alpha value is -0.580. The van der Waals surface area contributed by atoms with Gasteiger partial charge in [0, 0.05) is 32.4 Å². The summed E-state index contributed by atoms with van der Waals surface area (Å²) >= 11 is 6.14. The van der Waals surface area contributed by atoms with Crippen LogP contribution in [0.2, 0.25) is 5.15 Å². The van der Waals surface area contributed by atoms with Gasteiger partial charge in [0.25, 0.3) is 0 Å². The molecule has 5 heteroatoms. The summed E-state index contributed by atoms with van der Waals surface area (Å²) in [4.78, 5) is 0. The average Bonchev–Trinajstić information content (AvgIpc) is 2.46. The summed E-state index contributed by atoms with van der Waals surface area (Å²) in [6.45, 7) is 2.72. The number of halogens is 1. The smallest absolute Gasteiger partial charge is 0.130 e. The van der Waals surface area contributed by atoms with Crippen molar-refractivity contribution in [3.8, 4) is 0 Å². The average molecular weight is 246 g/mol. The molecule has 4 nitrogen and oxygen atoms in total. The van der Waals surface area contributed by atoms with Gasteiger partial charge in [-0.2, -0.15) is 5.10 Å². The number of nitrogens with two attached hydrogens (primary N) is 1. The van der Waals surface area contributed by atoms with Gasteiger partial charge in [0.2, 0.25) is 0 Å². The van der Waals surface area contributed by atoms with Crippen LogP contribution in [0.5, 0.6) is 0 Å². The van der Waals surface area contributed by atoms with Crippen LogP contribution in [0, 0.1) is 6.92 Å². The molecule has 0 aliphatic rings. The molecule has 0 bridgehead atoms. The van der Waals surface area contributed by atoms with E-state index in [1.54, 1.807) is 11.8 Å². The summed E-state index contributed by atoms with van der Waals surface area (Å²) in [7, 11) is 3.54. The number of aromatic nitrogens is 2. The highest BCUT2D eigenvalue weighted by Gasteiger charge is 2.14. The number of aryl methyl sites for hydroxylation is 2. The second kappa shape index (κ2) is 6.23. The lowest BCUT2D eigenvalue weighted by molar-refractivity contribution is 0.190. The van der Waals surface area contributed by atoms with Crippen LogP contribution in [0.3, 0.4) is 0 Å². The number of nitrogens with zero attached hydrogens (tertiary/aromatic N) is 2. The van der Waals surface area contributed by atoms with E-state index in [9.17, 15) is 0 Å². The molecular weight excluding hydrogens is 226 g/mol. The molecule has 0 saturated heterocycles. The lowest BCUT2D eigenvalue weighted by Crippen LogP contribution is -2.23. The van der Waals surface area contributed by atoms with Gasteiger partial charge in [-0.1, -0.05) is 11.6 Å². The Morgan fingerprint density at radius 1 is 1.56 bits per heavy atom. The Morgan fingerprint density at radius 3 is 2.75 bits per heavy atom. The Morgan fingerprint density at radius 2 is 2.25 bits per heavy atom. The minimum atomic E-state index is 0.121. The van der Waals surface area contributed by atoms with E-state index in [0.29, 0.717) is 5.15 Å². The third-order valence-electron chi connectivity index (χ3n) is 2.66. The fourth-order valence-corrected chi connectivity index (χ4v) is 2.01. The predicted molar refractivity (Wildman–Crippen MR) is 65.7 cm³/mol. The van der Waals surface area contributed by atoms with Crippen molar-refractivity contribution in [1.82, 2.24) is 9.78 Å². The quantitative estimate of drug-likeness (QED) is 0.776. The number of rotatable bonds is 6. The molecule has 0 aliphatic carbocycles. The third kappa shape index (κ3) is 3.47. The molecule has 1 heterocycles. The molecule has 92 valence electrons. The van der Waals surface area contributed by atoms with Crippen LogP contribution >= 0.6 is 11.6 Å². The normalized spacial score (nSPS) is 13.1. The van der Waals surface area contributed by atoms with Gasteiger partial charge in [-0.15, -0.1) is 0 Å². The fourth-order valence-electron chi connectivity index (χ4n) is 1.76. The highest BCUT2D eigenvalue weighted by atomic mass is 35.5. The maximum atomic E-state index is 6.14. The van der Waals surface area contributed by atoms with E-state index in [1.165, 1.54) is 0 Å². The zero-order valence-electron chi connectivity index (χ0n) is 10.2. The van der Waals surface area contributed by atoms with Crippen molar-refractivity contribution in [3.05, 3.63) is 16.4 Å². The van der Waals surface area contributed by atoms with Crippen molar-refractivity contribution in [3.63, 3.8) is 0 Å². The van der Waals surface area contributed by atoms with Crippen LogP contribution in [0.4, 0.5) is 0 Å². The highest BCUT2D eigenvalue weighted by molar-refractivity contribution is 6.30. The second-order valence-corrected chi connectivity index (χ2v) is 4.44. The Kier molecular flexibility index (Phi) is 5.25. The van der Waals surface area contributed by atoms with Crippen LogP contribution in [0.1, 0.15) is 24.1 Å². The minimum absolute atomic E-state index is 0.121. The van der Waals surface area contributed by atoms with E-state index in [2.05, 4.69) is 5.10 Å². The Balaban J connectivity index is 2.52. The molecular formula is C11H20ClN3O. The fraction of sp³-hybridized carbons (Fsp3) is 0.727. The SMILES string of the molecule is COCCCC(N)Cc1c(C)nn(C)c1Cl. The Bertz CT molecular complexity index is 338. The van der Waals surface area contributed by atoms with E-state index in [0.717, 1.165) is 37.1 Å². The van der Waals surface area contributed by atoms with Gasteiger partial charge in [-0.3, -0.25) is 4.68 Å². The number of hydrogen-bond acceptors (Lipinski definition) is 3. The van der Waals surface area contributed by atoms with Crippen LogP contribution in [0.15, 0.2) is 0 Å². The van der Waals surface area contributed by atoms with Gasteiger partial charge in [0.1, 0.15) is 5.15 Å². The predicted octanol–water partition coefficient (Wildman–Crippen LogP) is 1.68. The molecule has 0 aromatic carbocycles. The zero-order valence-corrected chi connectivity index (χ0v) is 10.9. The minimum Gasteiger partial charge on any atom is -0.385 e. The molecule has 0 amide bonds. The first kappa shape index (κ1) is 13.5. The van der Waals surface area contributed by atoms with Crippen LogP contribution < -0.4 is 5.73 Å². The van der Waals surface area contributed by atoms with Crippen molar-refractivity contribution >= 4 is 11.6 Å². The second-order valence-electron chi connectivity index (χ2n) is 4.08. The first-order valence-corrected chi connectivity index (χ1v) is 5.86. The first-order valence-electron chi connectivity index (χ1n) is 5.48. The van der Waals surface area contributed by atoms with Gasteiger partial charge >= 0.3 is 0 Å². The van der Waals surface area contributed by atoms with Crippen molar-refractivity contribution in [1.29, 1.82) is 0 Å². The maximum Gasteiger partial charge on any atom is 0.130 e. The Labute approximate surface area is 102 Å². The van der Waals surface area contributed by atoms with E-state index in [1.807, 2.05) is 14.0 Å². The summed E-state index contributed by atoms with van der Waals surface area (Å²) in [6.07, 6.45) is 2.70. The van der Waals surface area contributed by atoms with Crippen LogP contribution in [-0.4, -0.2) is 29.5 Å². The summed E-state index contributed by atoms with van der Waals surface area (Å²) < 4.78 is 6.68. The molecule has 1 aromatic heterocycles. The van der Waals surface area contributed by atoms with Gasteiger partial charge in [0.05, 0.1) is 5.69 Å². The van der Waals surface area contributed by atoms with E-state index < -0.39 is 0 Å².